The van der Waals surface area contributed by atoms with Crippen molar-refractivity contribution in [2.45, 2.75) is 12.5 Å². The predicted octanol–water partition coefficient (Wildman–Crippen LogP) is 0.810. The lowest BCUT2D eigenvalue weighted by Crippen LogP contribution is -2.40. The van der Waals surface area contributed by atoms with Crippen molar-refractivity contribution in [1.29, 1.82) is 0 Å². The van der Waals surface area contributed by atoms with Crippen LogP contribution in [0.4, 0.5) is 5.69 Å². The number of carbonyl (C=O) groups excluding carboxylic acids is 1. The zero-order valence-electron chi connectivity index (χ0n) is 11.0. The number of methoxy groups -OCH3 is 1. The Hall–Kier alpha value is -3.08. The Morgan fingerprint density at radius 2 is 2.24 bits per heavy atom. The van der Waals surface area contributed by atoms with Gasteiger partial charge in [-0.2, -0.15) is 0 Å². The van der Waals surface area contributed by atoms with Crippen molar-refractivity contribution in [1.82, 2.24) is 5.32 Å². The minimum absolute atomic E-state index is 0.0284. The number of ether oxygens (including phenoxy) is 1. The van der Waals surface area contributed by atoms with Gasteiger partial charge in [-0.05, 0) is 6.07 Å². The van der Waals surface area contributed by atoms with Crippen LogP contribution in [0.2, 0.25) is 0 Å². The van der Waals surface area contributed by atoms with Crippen LogP contribution in [-0.2, 0) is 4.79 Å². The number of nitro benzene ring substituents is 1. The van der Waals surface area contributed by atoms with Crippen LogP contribution in [0.1, 0.15) is 16.8 Å². The van der Waals surface area contributed by atoms with Crippen LogP contribution in [0.5, 0.6) is 5.75 Å². The molecule has 0 fully saturated rings. The van der Waals surface area contributed by atoms with Gasteiger partial charge in [-0.1, -0.05) is 0 Å². The van der Waals surface area contributed by atoms with Crippen LogP contribution in [-0.4, -0.2) is 35.1 Å². The van der Waals surface area contributed by atoms with Gasteiger partial charge in [-0.15, -0.1) is 12.3 Å². The predicted molar refractivity (Wildman–Crippen MR) is 72.0 cm³/mol. The molecule has 1 atom stereocenters. The van der Waals surface area contributed by atoms with E-state index >= 15 is 0 Å². The number of rotatable bonds is 6. The molecule has 0 heterocycles. The van der Waals surface area contributed by atoms with Crippen LogP contribution in [0.25, 0.3) is 0 Å². The molecule has 0 bridgehead atoms. The molecule has 21 heavy (non-hydrogen) atoms. The second-order valence-corrected chi connectivity index (χ2v) is 3.92. The van der Waals surface area contributed by atoms with Crippen LogP contribution in [0.3, 0.4) is 0 Å². The molecule has 0 saturated carbocycles. The lowest BCUT2D eigenvalue weighted by atomic mass is 10.1. The Labute approximate surface area is 119 Å². The Morgan fingerprint density at radius 3 is 2.71 bits per heavy atom. The molecule has 110 valence electrons. The summed E-state index contributed by atoms with van der Waals surface area (Å²) in [5.74, 6) is 0.0573. The smallest absolute Gasteiger partial charge is 0.327 e. The van der Waals surface area contributed by atoms with E-state index in [0.29, 0.717) is 0 Å². The van der Waals surface area contributed by atoms with E-state index < -0.39 is 22.8 Å². The normalized spacial score (nSPS) is 11.0. The van der Waals surface area contributed by atoms with Gasteiger partial charge in [0.1, 0.15) is 6.04 Å². The summed E-state index contributed by atoms with van der Waals surface area (Å²) in [5.41, 5.74) is -0.270. The van der Waals surface area contributed by atoms with Gasteiger partial charge in [0, 0.05) is 24.1 Å². The number of nitro groups is 1. The molecule has 0 aliphatic heterocycles. The fourth-order valence-electron chi connectivity index (χ4n) is 1.53. The number of terminal acetylenes is 1. The monoisotopic (exact) mass is 292 g/mol. The topological polar surface area (TPSA) is 119 Å². The summed E-state index contributed by atoms with van der Waals surface area (Å²) in [6.45, 7) is 0. The van der Waals surface area contributed by atoms with Crippen LogP contribution in [0.15, 0.2) is 18.2 Å². The quantitative estimate of drug-likeness (QED) is 0.455. The van der Waals surface area contributed by atoms with Gasteiger partial charge in [-0.3, -0.25) is 14.9 Å². The van der Waals surface area contributed by atoms with Crippen molar-refractivity contribution in [3.05, 3.63) is 33.9 Å². The SMILES string of the molecule is C#CCC(NC(=O)c1ccc([N+](=O)[O-])c(OC)c1)C(=O)O. The van der Waals surface area contributed by atoms with E-state index in [1.54, 1.807) is 0 Å². The molecule has 1 rings (SSSR count). The number of nitrogens with zero attached hydrogens (tertiary/aromatic N) is 1. The highest BCUT2D eigenvalue weighted by Crippen LogP contribution is 2.27. The average Bonchev–Trinajstić information content (AvgIpc) is 2.45. The van der Waals surface area contributed by atoms with Crippen molar-refractivity contribution < 1.29 is 24.4 Å². The largest absolute Gasteiger partial charge is 0.490 e. The fourth-order valence-corrected chi connectivity index (χ4v) is 1.53. The zero-order valence-corrected chi connectivity index (χ0v) is 11.0. The number of benzene rings is 1. The van der Waals surface area contributed by atoms with Crippen molar-refractivity contribution in [3.63, 3.8) is 0 Å². The minimum Gasteiger partial charge on any atom is -0.490 e. The summed E-state index contributed by atoms with van der Waals surface area (Å²) in [4.78, 5) is 32.9. The first-order valence-electron chi connectivity index (χ1n) is 5.70. The first kappa shape index (κ1) is 16.0. The van der Waals surface area contributed by atoms with Gasteiger partial charge in [0.05, 0.1) is 12.0 Å². The van der Waals surface area contributed by atoms with E-state index in [9.17, 15) is 19.7 Å². The van der Waals surface area contributed by atoms with Gasteiger partial charge in [-0.25, -0.2) is 4.79 Å². The van der Waals surface area contributed by atoms with Crippen molar-refractivity contribution in [2.75, 3.05) is 7.11 Å². The summed E-state index contributed by atoms with van der Waals surface area (Å²) in [5, 5.41) is 21.9. The Bertz CT molecular complexity index is 620. The number of hydrogen-bond donors (Lipinski definition) is 2. The first-order chi connectivity index (χ1) is 9.90. The number of nitrogens with one attached hydrogen (secondary N) is 1. The molecular weight excluding hydrogens is 280 g/mol. The summed E-state index contributed by atoms with van der Waals surface area (Å²) < 4.78 is 4.83. The van der Waals surface area contributed by atoms with Gasteiger partial charge < -0.3 is 15.2 Å². The molecule has 0 spiro atoms. The highest BCUT2D eigenvalue weighted by molar-refractivity contribution is 5.97. The molecule has 1 amide bonds. The maximum atomic E-state index is 11.9. The fraction of sp³-hybridized carbons (Fsp3) is 0.231. The third-order valence-electron chi connectivity index (χ3n) is 2.56. The third-order valence-corrected chi connectivity index (χ3v) is 2.56. The number of carboxylic acids is 1. The summed E-state index contributed by atoms with van der Waals surface area (Å²) in [6.07, 6.45) is 4.85. The standard InChI is InChI=1S/C13H12N2O6/c1-3-4-9(13(17)18)14-12(16)8-5-6-10(15(19)20)11(7-8)21-2/h1,5-7,9H,4H2,2H3,(H,14,16)(H,17,18). The third kappa shape index (κ3) is 3.94. The van der Waals surface area contributed by atoms with Crippen molar-refractivity contribution in [2.24, 2.45) is 0 Å². The molecular formula is C13H12N2O6. The lowest BCUT2D eigenvalue weighted by Gasteiger charge is -2.12. The highest BCUT2D eigenvalue weighted by atomic mass is 16.6. The van der Waals surface area contributed by atoms with Gasteiger partial charge in [0.2, 0.25) is 0 Å². The minimum atomic E-state index is -1.27. The van der Waals surface area contributed by atoms with Crippen molar-refractivity contribution >= 4 is 17.6 Å². The number of aliphatic carboxylic acids is 1. The van der Waals surface area contributed by atoms with Gasteiger partial charge in [0.15, 0.2) is 5.75 Å². The average molecular weight is 292 g/mol. The maximum Gasteiger partial charge on any atom is 0.327 e. The molecule has 0 aromatic heterocycles. The number of carbonyl (C=O) groups is 2. The van der Waals surface area contributed by atoms with Crippen LogP contribution >= 0.6 is 0 Å². The zero-order chi connectivity index (χ0) is 16.0. The highest BCUT2D eigenvalue weighted by Gasteiger charge is 2.22. The van der Waals surface area contributed by atoms with E-state index in [1.165, 1.54) is 13.2 Å². The van der Waals surface area contributed by atoms with E-state index in [2.05, 4.69) is 11.2 Å². The molecule has 8 nitrogen and oxygen atoms in total. The van der Waals surface area contributed by atoms with Gasteiger partial charge >= 0.3 is 11.7 Å². The lowest BCUT2D eigenvalue weighted by molar-refractivity contribution is -0.385. The van der Waals surface area contributed by atoms with E-state index in [0.717, 1.165) is 12.1 Å². The Morgan fingerprint density at radius 1 is 1.57 bits per heavy atom. The second-order valence-electron chi connectivity index (χ2n) is 3.92. The first-order valence-corrected chi connectivity index (χ1v) is 5.70. The summed E-state index contributed by atoms with van der Waals surface area (Å²) >= 11 is 0. The number of carboxylic acid groups (broad SMARTS) is 1. The molecule has 0 aliphatic carbocycles. The van der Waals surface area contributed by atoms with E-state index in [1.807, 2.05) is 0 Å². The Kier molecular flexibility index (Phi) is 5.25. The molecule has 1 unspecified atom stereocenters. The Balaban J connectivity index is 3.00. The molecule has 1 aromatic carbocycles. The maximum absolute atomic E-state index is 11.9. The molecule has 8 heteroatoms. The number of amides is 1. The molecule has 0 radical (unpaired) electrons. The summed E-state index contributed by atoms with van der Waals surface area (Å²) in [7, 11) is 1.22. The van der Waals surface area contributed by atoms with Gasteiger partial charge in [0.25, 0.3) is 5.91 Å². The van der Waals surface area contributed by atoms with E-state index in [4.69, 9.17) is 16.3 Å². The second kappa shape index (κ2) is 6.91. The van der Waals surface area contributed by atoms with E-state index in [-0.39, 0.29) is 23.4 Å². The summed E-state index contributed by atoms with van der Waals surface area (Å²) in [6, 6.07) is 2.22. The number of hydrogen-bond acceptors (Lipinski definition) is 5. The van der Waals surface area contributed by atoms with Crippen LogP contribution in [0, 0.1) is 22.5 Å². The molecule has 2 N–H and O–H groups in total. The van der Waals surface area contributed by atoms with Crippen molar-refractivity contribution in [3.8, 4) is 18.1 Å². The molecule has 1 aromatic rings. The van der Waals surface area contributed by atoms with Crippen LogP contribution < -0.4 is 10.1 Å². The molecule has 0 saturated heterocycles. The molecule has 0 aliphatic rings.